The van der Waals surface area contributed by atoms with Crippen LogP contribution in [0.25, 0.3) is 22.2 Å². The average molecular weight is 319 g/mol. The van der Waals surface area contributed by atoms with Crippen LogP contribution >= 0.6 is 15.9 Å². The highest BCUT2D eigenvalue weighted by Gasteiger charge is 2.18. The van der Waals surface area contributed by atoms with E-state index in [1.807, 2.05) is 11.7 Å². The highest BCUT2D eigenvalue weighted by Crippen LogP contribution is 2.37. The van der Waals surface area contributed by atoms with Gasteiger partial charge >= 0.3 is 0 Å². The zero-order chi connectivity index (χ0) is 13.7. The van der Waals surface area contributed by atoms with E-state index in [1.54, 1.807) is 6.20 Å². The molecular weight excluding hydrogens is 304 g/mol. The SMILES string of the molecule is Cc1c(-c2c(N)cnn2C)c2cc(Br)ccc2n1C. The van der Waals surface area contributed by atoms with E-state index >= 15 is 0 Å². The largest absolute Gasteiger partial charge is 0.396 e. The van der Waals surface area contributed by atoms with Gasteiger partial charge < -0.3 is 10.3 Å². The Bertz CT molecular complexity index is 763. The molecule has 0 saturated heterocycles. The summed E-state index contributed by atoms with van der Waals surface area (Å²) in [5.41, 5.74) is 11.3. The summed E-state index contributed by atoms with van der Waals surface area (Å²) < 4.78 is 5.08. The summed E-state index contributed by atoms with van der Waals surface area (Å²) in [5.74, 6) is 0. The van der Waals surface area contributed by atoms with E-state index in [1.165, 1.54) is 16.6 Å². The molecule has 19 heavy (non-hydrogen) atoms. The maximum absolute atomic E-state index is 6.08. The van der Waals surface area contributed by atoms with E-state index in [-0.39, 0.29) is 0 Å². The van der Waals surface area contributed by atoms with Crippen LogP contribution in [-0.2, 0) is 14.1 Å². The number of nitrogens with zero attached hydrogens (tertiary/aromatic N) is 3. The molecule has 0 spiro atoms. The molecule has 0 unspecified atom stereocenters. The van der Waals surface area contributed by atoms with E-state index in [0.717, 1.165) is 15.7 Å². The molecule has 1 aromatic carbocycles. The van der Waals surface area contributed by atoms with Crippen molar-refractivity contribution in [1.82, 2.24) is 14.3 Å². The van der Waals surface area contributed by atoms with Crippen molar-refractivity contribution in [3.05, 3.63) is 34.6 Å². The van der Waals surface area contributed by atoms with Crippen LogP contribution < -0.4 is 5.73 Å². The van der Waals surface area contributed by atoms with Gasteiger partial charge in [0.2, 0.25) is 0 Å². The highest BCUT2D eigenvalue weighted by molar-refractivity contribution is 9.10. The van der Waals surface area contributed by atoms with Gasteiger partial charge in [0.25, 0.3) is 0 Å². The molecule has 5 heteroatoms. The highest BCUT2D eigenvalue weighted by atomic mass is 79.9. The minimum absolute atomic E-state index is 0.707. The lowest BCUT2D eigenvalue weighted by molar-refractivity contribution is 0.775. The molecule has 2 heterocycles. The van der Waals surface area contributed by atoms with Gasteiger partial charge in [-0.05, 0) is 25.1 Å². The summed E-state index contributed by atoms with van der Waals surface area (Å²) in [5, 5.41) is 5.43. The standard InChI is InChI=1S/C14H15BrN4/c1-8-13(14-11(16)7-17-19(14)3)10-6-9(15)4-5-12(10)18(8)2/h4-7H,16H2,1-3H3. The molecule has 0 fully saturated rings. The Kier molecular flexibility index (Phi) is 2.67. The monoisotopic (exact) mass is 318 g/mol. The van der Waals surface area contributed by atoms with Crippen molar-refractivity contribution in [2.45, 2.75) is 6.92 Å². The Labute approximate surface area is 119 Å². The van der Waals surface area contributed by atoms with Crippen molar-refractivity contribution in [1.29, 1.82) is 0 Å². The maximum atomic E-state index is 6.08. The van der Waals surface area contributed by atoms with E-state index in [9.17, 15) is 0 Å². The predicted molar refractivity (Wildman–Crippen MR) is 82.0 cm³/mol. The normalized spacial score (nSPS) is 11.4. The van der Waals surface area contributed by atoms with E-state index in [0.29, 0.717) is 5.69 Å². The van der Waals surface area contributed by atoms with Crippen LogP contribution in [0, 0.1) is 6.92 Å². The summed E-state index contributed by atoms with van der Waals surface area (Å²) >= 11 is 3.54. The van der Waals surface area contributed by atoms with Gasteiger partial charge in [-0.3, -0.25) is 4.68 Å². The molecule has 0 aliphatic heterocycles. The fourth-order valence-electron chi connectivity index (χ4n) is 2.60. The number of nitrogens with two attached hydrogens (primary N) is 1. The first-order valence-corrected chi connectivity index (χ1v) is 6.82. The third-order valence-electron chi connectivity index (χ3n) is 3.66. The second-order valence-corrected chi connectivity index (χ2v) is 5.67. The Morgan fingerprint density at radius 1 is 1.26 bits per heavy atom. The zero-order valence-corrected chi connectivity index (χ0v) is 12.7. The molecule has 0 bridgehead atoms. The van der Waals surface area contributed by atoms with Gasteiger partial charge in [-0.25, -0.2) is 0 Å². The summed E-state index contributed by atoms with van der Waals surface area (Å²) in [6.45, 7) is 2.11. The third-order valence-corrected chi connectivity index (χ3v) is 4.15. The van der Waals surface area contributed by atoms with Crippen molar-refractivity contribution in [2.75, 3.05) is 5.73 Å². The van der Waals surface area contributed by atoms with Crippen LogP contribution in [0.3, 0.4) is 0 Å². The molecule has 0 aliphatic rings. The van der Waals surface area contributed by atoms with Crippen molar-refractivity contribution in [3.63, 3.8) is 0 Å². The summed E-state index contributed by atoms with van der Waals surface area (Å²) in [6, 6.07) is 6.30. The minimum Gasteiger partial charge on any atom is -0.396 e. The number of halogens is 1. The Morgan fingerprint density at radius 3 is 2.63 bits per heavy atom. The molecule has 0 amide bonds. The number of anilines is 1. The van der Waals surface area contributed by atoms with E-state index in [2.05, 4.69) is 57.8 Å². The Balaban J connectivity index is 2.47. The van der Waals surface area contributed by atoms with Crippen molar-refractivity contribution < 1.29 is 0 Å². The molecule has 0 saturated carbocycles. The molecule has 0 atom stereocenters. The van der Waals surface area contributed by atoms with Gasteiger partial charge in [-0.15, -0.1) is 0 Å². The molecule has 2 aromatic heterocycles. The number of hydrogen-bond acceptors (Lipinski definition) is 2. The lowest BCUT2D eigenvalue weighted by Gasteiger charge is -2.05. The molecule has 3 aromatic rings. The summed E-state index contributed by atoms with van der Waals surface area (Å²) in [7, 11) is 3.99. The van der Waals surface area contributed by atoms with Gasteiger partial charge in [0, 0.05) is 40.7 Å². The molecule has 0 aliphatic carbocycles. The first kappa shape index (κ1) is 12.3. The molecule has 3 rings (SSSR count). The zero-order valence-electron chi connectivity index (χ0n) is 11.1. The third kappa shape index (κ3) is 1.69. The van der Waals surface area contributed by atoms with Gasteiger partial charge in [0.1, 0.15) is 0 Å². The summed E-state index contributed by atoms with van der Waals surface area (Å²) in [6.07, 6.45) is 1.70. The van der Waals surface area contributed by atoms with Crippen molar-refractivity contribution in [3.8, 4) is 11.3 Å². The fraction of sp³-hybridized carbons (Fsp3) is 0.214. The van der Waals surface area contributed by atoms with Gasteiger partial charge in [-0.2, -0.15) is 5.10 Å². The van der Waals surface area contributed by atoms with Crippen LogP contribution in [0.15, 0.2) is 28.9 Å². The number of hydrogen-bond donors (Lipinski definition) is 1. The maximum Gasteiger partial charge on any atom is 0.0932 e. The number of benzene rings is 1. The van der Waals surface area contributed by atoms with E-state index in [4.69, 9.17) is 5.73 Å². The van der Waals surface area contributed by atoms with Crippen LogP contribution in [0.4, 0.5) is 5.69 Å². The quantitative estimate of drug-likeness (QED) is 0.748. The number of aryl methyl sites for hydroxylation is 2. The second kappa shape index (κ2) is 4.13. The lowest BCUT2D eigenvalue weighted by Crippen LogP contribution is -1.98. The molecule has 4 nitrogen and oxygen atoms in total. The van der Waals surface area contributed by atoms with Crippen LogP contribution in [0.5, 0.6) is 0 Å². The second-order valence-electron chi connectivity index (χ2n) is 4.75. The van der Waals surface area contributed by atoms with Crippen LogP contribution in [-0.4, -0.2) is 14.3 Å². The minimum atomic E-state index is 0.707. The van der Waals surface area contributed by atoms with Crippen LogP contribution in [0.2, 0.25) is 0 Å². The Morgan fingerprint density at radius 2 is 2.00 bits per heavy atom. The first-order chi connectivity index (χ1) is 9.00. The van der Waals surface area contributed by atoms with E-state index < -0.39 is 0 Å². The molecule has 2 N–H and O–H groups in total. The summed E-state index contributed by atoms with van der Waals surface area (Å²) in [4.78, 5) is 0. The number of nitrogen functional groups attached to an aromatic ring is 1. The van der Waals surface area contributed by atoms with Crippen molar-refractivity contribution in [2.24, 2.45) is 14.1 Å². The Hall–Kier alpha value is -1.75. The number of aromatic nitrogens is 3. The predicted octanol–water partition coefficient (Wildman–Crippen LogP) is 3.23. The van der Waals surface area contributed by atoms with Gasteiger partial charge in [-0.1, -0.05) is 15.9 Å². The van der Waals surface area contributed by atoms with Gasteiger partial charge in [0.05, 0.1) is 17.6 Å². The van der Waals surface area contributed by atoms with Crippen LogP contribution in [0.1, 0.15) is 5.69 Å². The number of fused-ring (bicyclic) bond motifs is 1. The molecule has 0 radical (unpaired) electrons. The topological polar surface area (TPSA) is 48.8 Å². The first-order valence-electron chi connectivity index (χ1n) is 6.03. The lowest BCUT2D eigenvalue weighted by atomic mass is 10.1. The molecular formula is C14H15BrN4. The van der Waals surface area contributed by atoms with Crippen molar-refractivity contribution >= 4 is 32.5 Å². The number of rotatable bonds is 1. The fourth-order valence-corrected chi connectivity index (χ4v) is 2.96. The smallest absolute Gasteiger partial charge is 0.0932 e. The average Bonchev–Trinajstić information content (AvgIpc) is 2.80. The molecule has 98 valence electrons. The van der Waals surface area contributed by atoms with Gasteiger partial charge in [0.15, 0.2) is 0 Å².